The Bertz CT molecular complexity index is 720. The lowest BCUT2D eigenvalue weighted by Crippen LogP contribution is -2.34. The fraction of sp³-hybridized carbons (Fsp3) is 0.500. The predicted molar refractivity (Wildman–Crippen MR) is 99.3 cm³/mol. The molecule has 26 heavy (non-hydrogen) atoms. The van der Waals surface area contributed by atoms with E-state index in [1.807, 2.05) is 11.8 Å². The largest absolute Gasteiger partial charge is 0.352 e. The molecule has 0 radical (unpaired) electrons. The highest BCUT2D eigenvalue weighted by Crippen LogP contribution is 2.32. The minimum Gasteiger partial charge on any atom is -0.352 e. The van der Waals surface area contributed by atoms with Gasteiger partial charge in [0.05, 0.1) is 10.6 Å². The summed E-state index contributed by atoms with van der Waals surface area (Å²) in [4.78, 5) is 37.9. The number of likely N-dealkylation sites (tertiary alicyclic amines) is 1. The van der Waals surface area contributed by atoms with Gasteiger partial charge >= 0.3 is 6.03 Å². The van der Waals surface area contributed by atoms with E-state index in [-0.39, 0.29) is 23.8 Å². The Morgan fingerprint density at radius 2 is 2.04 bits per heavy atom. The fourth-order valence-corrected chi connectivity index (χ4v) is 3.33. The summed E-state index contributed by atoms with van der Waals surface area (Å²) in [5.74, 6) is 0.0418. The van der Waals surface area contributed by atoms with E-state index in [0.717, 1.165) is 12.8 Å². The number of amides is 4. The second kappa shape index (κ2) is 7.95. The number of hydrogen-bond acceptors (Lipinski definition) is 3. The average Bonchev–Trinajstić information content (AvgIpc) is 3.38. The first-order valence-electron chi connectivity index (χ1n) is 8.90. The first-order chi connectivity index (χ1) is 12.5. The summed E-state index contributed by atoms with van der Waals surface area (Å²) in [5, 5.41) is 8.51. The van der Waals surface area contributed by atoms with Crippen molar-refractivity contribution in [2.75, 3.05) is 25.0 Å². The van der Waals surface area contributed by atoms with Crippen LogP contribution in [0.3, 0.4) is 0 Å². The van der Waals surface area contributed by atoms with E-state index < -0.39 is 0 Å². The van der Waals surface area contributed by atoms with Crippen molar-refractivity contribution >= 4 is 35.1 Å². The van der Waals surface area contributed by atoms with E-state index in [1.54, 1.807) is 18.2 Å². The molecule has 2 aliphatic rings. The normalized spacial score (nSPS) is 19.4. The van der Waals surface area contributed by atoms with Crippen molar-refractivity contribution in [3.8, 4) is 0 Å². The third-order valence-electron chi connectivity index (χ3n) is 4.58. The van der Waals surface area contributed by atoms with Crippen LogP contribution in [0.5, 0.6) is 0 Å². The number of anilines is 1. The van der Waals surface area contributed by atoms with Crippen molar-refractivity contribution in [3.05, 3.63) is 28.8 Å². The Kier molecular flexibility index (Phi) is 5.66. The molecular weight excluding hydrogens is 356 g/mol. The second-order valence-electron chi connectivity index (χ2n) is 6.74. The highest BCUT2D eigenvalue weighted by atomic mass is 35.5. The van der Waals surface area contributed by atoms with Crippen molar-refractivity contribution in [3.63, 3.8) is 0 Å². The SMILES string of the molecule is CCNC(=O)c1cc(NC(=O)NC[C@@H]2CC(=O)N(C3CC3)C2)ccc1Cl. The van der Waals surface area contributed by atoms with Gasteiger partial charge in [-0.25, -0.2) is 4.79 Å². The van der Waals surface area contributed by atoms with Crippen LogP contribution in [0.4, 0.5) is 10.5 Å². The summed E-state index contributed by atoms with van der Waals surface area (Å²) < 4.78 is 0. The number of benzene rings is 1. The lowest BCUT2D eigenvalue weighted by atomic mass is 10.1. The third-order valence-corrected chi connectivity index (χ3v) is 4.91. The molecule has 140 valence electrons. The molecule has 0 aromatic heterocycles. The summed E-state index contributed by atoms with van der Waals surface area (Å²) in [7, 11) is 0. The van der Waals surface area contributed by atoms with Crippen LogP contribution in [-0.2, 0) is 4.79 Å². The molecule has 1 atom stereocenters. The van der Waals surface area contributed by atoms with E-state index in [4.69, 9.17) is 11.6 Å². The first-order valence-corrected chi connectivity index (χ1v) is 9.27. The van der Waals surface area contributed by atoms with Crippen molar-refractivity contribution in [1.82, 2.24) is 15.5 Å². The Morgan fingerprint density at radius 3 is 2.73 bits per heavy atom. The number of urea groups is 1. The Labute approximate surface area is 157 Å². The molecule has 1 heterocycles. The molecule has 0 spiro atoms. The van der Waals surface area contributed by atoms with Crippen molar-refractivity contribution < 1.29 is 14.4 Å². The number of carbonyl (C=O) groups is 3. The van der Waals surface area contributed by atoms with Gasteiger partial charge in [-0.3, -0.25) is 9.59 Å². The number of carbonyl (C=O) groups excluding carboxylic acids is 3. The van der Waals surface area contributed by atoms with E-state index in [2.05, 4.69) is 16.0 Å². The lowest BCUT2D eigenvalue weighted by molar-refractivity contribution is -0.128. The number of halogens is 1. The molecule has 1 aliphatic carbocycles. The molecule has 0 bridgehead atoms. The topological polar surface area (TPSA) is 90.5 Å². The van der Waals surface area contributed by atoms with E-state index >= 15 is 0 Å². The Morgan fingerprint density at radius 1 is 1.27 bits per heavy atom. The van der Waals surface area contributed by atoms with Crippen molar-refractivity contribution in [2.45, 2.75) is 32.2 Å². The van der Waals surface area contributed by atoms with Crippen molar-refractivity contribution in [2.24, 2.45) is 5.92 Å². The Hall–Kier alpha value is -2.28. The van der Waals surface area contributed by atoms with Gasteiger partial charge in [-0.1, -0.05) is 11.6 Å². The lowest BCUT2D eigenvalue weighted by Gasteiger charge is -2.16. The molecule has 1 saturated heterocycles. The zero-order valence-corrected chi connectivity index (χ0v) is 15.4. The summed E-state index contributed by atoms with van der Waals surface area (Å²) in [6, 6.07) is 4.80. The third kappa shape index (κ3) is 4.46. The van der Waals surface area contributed by atoms with Crippen LogP contribution in [0, 0.1) is 5.92 Å². The summed E-state index contributed by atoms with van der Waals surface area (Å²) >= 11 is 6.04. The van der Waals surface area contributed by atoms with Gasteiger partial charge in [0.1, 0.15) is 0 Å². The standard InChI is InChI=1S/C18H23ClN4O3/c1-2-20-17(25)14-8-12(3-6-15(14)19)22-18(26)21-9-11-7-16(24)23(10-11)13-4-5-13/h3,6,8,11,13H,2,4-5,7,9-10H2,1H3,(H,20,25)(H2,21,22,26)/t11-/m0/s1. The van der Waals surface area contributed by atoms with Crippen LogP contribution in [0.25, 0.3) is 0 Å². The van der Waals surface area contributed by atoms with Gasteiger partial charge in [-0.2, -0.15) is 0 Å². The molecule has 1 aromatic carbocycles. The quantitative estimate of drug-likeness (QED) is 0.708. The van der Waals surface area contributed by atoms with E-state index in [0.29, 0.717) is 48.4 Å². The smallest absolute Gasteiger partial charge is 0.319 e. The van der Waals surface area contributed by atoms with Gasteiger partial charge in [-0.15, -0.1) is 0 Å². The number of hydrogen-bond donors (Lipinski definition) is 3. The summed E-state index contributed by atoms with van der Waals surface area (Å²) in [5.41, 5.74) is 0.794. The zero-order valence-electron chi connectivity index (χ0n) is 14.7. The van der Waals surface area contributed by atoms with E-state index in [1.165, 1.54) is 0 Å². The number of rotatable bonds is 6. The van der Waals surface area contributed by atoms with E-state index in [9.17, 15) is 14.4 Å². The van der Waals surface area contributed by atoms with Gasteiger partial charge in [0.15, 0.2) is 0 Å². The molecule has 1 aromatic rings. The predicted octanol–water partition coefficient (Wildman–Crippen LogP) is 2.22. The maximum atomic E-state index is 12.1. The van der Waals surface area contributed by atoms with Gasteiger partial charge in [0, 0.05) is 43.7 Å². The van der Waals surface area contributed by atoms with Gasteiger partial charge < -0.3 is 20.9 Å². The van der Waals surface area contributed by atoms with Crippen LogP contribution in [0.2, 0.25) is 5.02 Å². The molecule has 7 nitrogen and oxygen atoms in total. The molecule has 1 aliphatic heterocycles. The van der Waals surface area contributed by atoms with Gasteiger partial charge in [-0.05, 0) is 38.0 Å². The second-order valence-corrected chi connectivity index (χ2v) is 7.14. The number of nitrogens with zero attached hydrogens (tertiary/aromatic N) is 1. The molecule has 8 heteroatoms. The summed E-state index contributed by atoms with van der Waals surface area (Å²) in [6.45, 7) is 3.47. The zero-order chi connectivity index (χ0) is 18.7. The molecule has 4 amide bonds. The highest BCUT2D eigenvalue weighted by molar-refractivity contribution is 6.34. The minimum atomic E-state index is -0.369. The summed E-state index contributed by atoms with van der Waals surface area (Å²) in [6.07, 6.45) is 2.67. The number of nitrogens with one attached hydrogen (secondary N) is 3. The van der Waals surface area contributed by atoms with Gasteiger partial charge in [0.2, 0.25) is 5.91 Å². The monoisotopic (exact) mass is 378 g/mol. The highest BCUT2D eigenvalue weighted by Gasteiger charge is 2.39. The molecule has 3 rings (SSSR count). The van der Waals surface area contributed by atoms with Crippen molar-refractivity contribution in [1.29, 1.82) is 0 Å². The molecular formula is C18H23ClN4O3. The minimum absolute atomic E-state index is 0.143. The first kappa shape index (κ1) is 18.5. The van der Waals surface area contributed by atoms with Crippen LogP contribution < -0.4 is 16.0 Å². The Balaban J connectivity index is 1.51. The molecule has 2 fully saturated rings. The molecule has 3 N–H and O–H groups in total. The van der Waals surface area contributed by atoms with Crippen LogP contribution in [-0.4, -0.2) is 48.4 Å². The molecule has 0 unspecified atom stereocenters. The van der Waals surface area contributed by atoms with Crippen LogP contribution in [0.15, 0.2) is 18.2 Å². The average molecular weight is 379 g/mol. The van der Waals surface area contributed by atoms with Gasteiger partial charge in [0.25, 0.3) is 5.91 Å². The maximum Gasteiger partial charge on any atom is 0.319 e. The molecule has 1 saturated carbocycles. The van der Waals surface area contributed by atoms with Crippen LogP contribution in [0.1, 0.15) is 36.5 Å². The fourth-order valence-electron chi connectivity index (χ4n) is 3.13. The maximum absolute atomic E-state index is 12.1. The van der Waals surface area contributed by atoms with Crippen LogP contribution >= 0.6 is 11.6 Å².